The molecule has 1 nitrogen and oxygen atoms in total. The van der Waals surface area contributed by atoms with E-state index in [0.29, 0.717) is 11.3 Å². The lowest BCUT2D eigenvalue weighted by Gasteiger charge is -2.01. The van der Waals surface area contributed by atoms with Crippen LogP contribution >= 0.6 is 23.1 Å². The number of thiazole rings is 1. The van der Waals surface area contributed by atoms with Crippen molar-refractivity contribution in [3.05, 3.63) is 46.5 Å². The molecule has 5 heteroatoms. The van der Waals surface area contributed by atoms with Crippen molar-refractivity contribution < 1.29 is 8.78 Å². The van der Waals surface area contributed by atoms with E-state index in [0.717, 1.165) is 16.1 Å². The van der Waals surface area contributed by atoms with Crippen LogP contribution in [0.3, 0.4) is 0 Å². The minimum absolute atomic E-state index is 0.373. The molecule has 1 heterocycles. The summed E-state index contributed by atoms with van der Waals surface area (Å²) in [6, 6.07) is 4.23. The fraction of sp³-hybridized carbons (Fsp3) is 0.182. The number of hydrogen-bond acceptors (Lipinski definition) is 3. The SMILES string of the molecule is Cc1csc(SCc2cccc(F)c2F)n1. The Balaban J connectivity index is 2.07. The van der Waals surface area contributed by atoms with Gasteiger partial charge in [-0.2, -0.15) is 0 Å². The summed E-state index contributed by atoms with van der Waals surface area (Å²) >= 11 is 2.93. The molecular formula is C11H9F2NS2. The fourth-order valence-electron chi connectivity index (χ4n) is 1.20. The lowest BCUT2D eigenvalue weighted by atomic mass is 10.2. The van der Waals surface area contributed by atoms with Gasteiger partial charge < -0.3 is 0 Å². The molecule has 0 aliphatic rings. The normalized spacial score (nSPS) is 10.7. The summed E-state index contributed by atoms with van der Waals surface area (Å²) in [7, 11) is 0. The molecule has 0 atom stereocenters. The third-order valence-electron chi connectivity index (χ3n) is 1.98. The summed E-state index contributed by atoms with van der Waals surface area (Å²) in [5.74, 6) is -1.16. The molecule has 2 rings (SSSR count). The van der Waals surface area contributed by atoms with Crippen LogP contribution < -0.4 is 0 Å². The Morgan fingerprint density at radius 2 is 2.19 bits per heavy atom. The van der Waals surface area contributed by atoms with Crippen molar-refractivity contribution >= 4 is 23.1 Å². The third kappa shape index (κ3) is 2.59. The van der Waals surface area contributed by atoms with Crippen LogP contribution in [0.5, 0.6) is 0 Å². The maximum absolute atomic E-state index is 13.3. The number of aromatic nitrogens is 1. The second-order valence-corrected chi connectivity index (χ2v) is 5.34. The van der Waals surface area contributed by atoms with E-state index >= 15 is 0 Å². The Bertz CT molecular complexity index is 496. The molecule has 0 N–H and O–H groups in total. The van der Waals surface area contributed by atoms with Gasteiger partial charge >= 0.3 is 0 Å². The van der Waals surface area contributed by atoms with Crippen LogP contribution in [-0.2, 0) is 5.75 Å². The molecule has 0 fully saturated rings. The number of rotatable bonds is 3. The highest BCUT2D eigenvalue weighted by Gasteiger charge is 2.08. The van der Waals surface area contributed by atoms with Crippen molar-refractivity contribution in [2.24, 2.45) is 0 Å². The van der Waals surface area contributed by atoms with Gasteiger partial charge in [0.1, 0.15) is 4.34 Å². The molecule has 0 unspecified atom stereocenters. The highest BCUT2D eigenvalue weighted by molar-refractivity contribution is 8.00. The van der Waals surface area contributed by atoms with Crippen molar-refractivity contribution in [2.75, 3.05) is 0 Å². The zero-order chi connectivity index (χ0) is 11.5. The first-order chi connectivity index (χ1) is 7.66. The van der Waals surface area contributed by atoms with E-state index in [4.69, 9.17) is 0 Å². The van der Waals surface area contributed by atoms with Crippen molar-refractivity contribution in [1.82, 2.24) is 4.98 Å². The van der Waals surface area contributed by atoms with Crippen LogP contribution in [0.2, 0.25) is 0 Å². The quantitative estimate of drug-likeness (QED) is 0.770. The van der Waals surface area contributed by atoms with E-state index in [2.05, 4.69) is 4.98 Å². The summed E-state index contributed by atoms with van der Waals surface area (Å²) < 4.78 is 27.1. The van der Waals surface area contributed by atoms with Gasteiger partial charge in [-0.15, -0.1) is 11.3 Å². The molecule has 0 spiro atoms. The molecule has 0 amide bonds. The van der Waals surface area contributed by atoms with Gasteiger partial charge in [-0.05, 0) is 13.0 Å². The second-order valence-electron chi connectivity index (χ2n) is 3.26. The Morgan fingerprint density at radius 3 is 2.88 bits per heavy atom. The maximum Gasteiger partial charge on any atom is 0.162 e. The lowest BCUT2D eigenvalue weighted by molar-refractivity contribution is 0.502. The molecule has 0 aliphatic heterocycles. The second kappa shape index (κ2) is 4.93. The van der Waals surface area contributed by atoms with Gasteiger partial charge in [0.15, 0.2) is 11.6 Å². The minimum atomic E-state index is -0.798. The van der Waals surface area contributed by atoms with Crippen LogP contribution in [0, 0.1) is 18.6 Å². The summed E-state index contributed by atoms with van der Waals surface area (Å²) in [5, 5.41) is 1.93. The average Bonchev–Trinajstić information content (AvgIpc) is 2.67. The Kier molecular flexibility index (Phi) is 3.56. The third-order valence-corrected chi connectivity index (χ3v) is 4.17. The molecule has 0 bridgehead atoms. The zero-order valence-electron chi connectivity index (χ0n) is 8.54. The monoisotopic (exact) mass is 257 g/mol. The van der Waals surface area contributed by atoms with Crippen molar-refractivity contribution in [2.45, 2.75) is 17.0 Å². The van der Waals surface area contributed by atoms with Crippen molar-refractivity contribution in [3.63, 3.8) is 0 Å². The standard InChI is InChI=1S/C11H9F2NS2/c1-7-5-15-11(14-7)16-6-8-3-2-4-9(12)10(8)13/h2-5H,6H2,1H3. The maximum atomic E-state index is 13.3. The summed E-state index contributed by atoms with van der Waals surface area (Å²) in [6.07, 6.45) is 0. The van der Waals surface area contributed by atoms with Crippen LogP contribution in [0.15, 0.2) is 27.9 Å². The molecule has 2 aromatic rings. The van der Waals surface area contributed by atoms with Crippen LogP contribution in [0.25, 0.3) is 0 Å². The Morgan fingerprint density at radius 1 is 1.38 bits per heavy atom. The molecule has 1 aromatic heterocycles. The number of benzene rings is 1. The summed E-state index contributed by atoms with van der Waals surface area (Å²) in [5.41, 5.74) is 1.32. The Labute approximate surface area is 101 Å². The molecule has 0 saturated carbocycles. The van der Waals surface area contributed by atoms with Gasteiger partial charge in [-0.1, -0.05) is 23.9 Å². The van der Waals surface area contributed by atoms with Crippen molar-refractivity contribution in [3.8, 4) is 0 Å². The first kappa shape index (κ1) is 11.5. The van der Waals surface area contributed by atoms with E-state index in [9.17, 15) is 8.78 Å². The Hall–Kier alpha value is -0.940. The van der Waals surface area contributed by atoms with E-state index in [-0.39, 0.29) is 0 Å². The number of hydrogen-bond donors (Lipinski definition) is 0. The first-order valence-electron chi connectivity index (χ1n) is 4.64. The minimum Gasteiger partial charge on any atom is -0.235 e. The van der Waals surface area contributed by atoms with E-state index in [1.807, 2.05) is 12.3 Å². The van der Waals surface area contributed by atoms with E-state index in [1.165, 1.54) is 29.2 Å². The molecule has 0 radical (unpaired) electrons. The van der Waals surface area contributed by atoms with E-state index in [1.54, 1.807) is 6.07 Å². The molecule has 84 valence electrons. The highest BCUT2D eigenvalue weighted by Crippen LogP contribution is 2.27. The van der Waals surface area contributed by atoms with Gasteiger partial charge in [-0.3, -0.25) is 0 Å². The lowest BCUT2D eigenvalue weighted by Crippen LogP contribution is -1.91. The largest absolute Gasteiger partial charge is 0.235 e. The first-order valence-corrected chi connectivity index (χ1v) is 6.51. The smallest absolute Gasteiger partial charge is 0.162 e. The van der Waals surface area contributed by atoms with Gasteiger partial charge in [-0.25, -0.2) is 13.8 Å². The van der Waals surface area contributed by atoms with Crippen molar-refractivity contribution in [1.29, 1.82) is 0 Å². The number of thioether (sulfide) groups is 1. The highest BCUT2D eigenvalue weighted by atomic mass is 32.2. The van der Waals surface area contributed by atoms with Gasteiger partial charge in [0.25, 0.3) is 0 Å². The molecule has 0 aliphatic carbocycles. The zero-order valence-corrected chi connectivity index (χ0v) is 10.2. The van der Waals surface area contributed by atoms with E-state index < -0.39 is 11.6 Å². The molecular weight excluding hydrogens is 248 g/mol. The number of halogens is 2. The molecule has 16 heavy (non-hydrogen) atoms. The van der Waals surface area contributed by atoms with Crippen LogP contribution in [0.1, 0.15) is 11.3 Å². The summed E-state index contributed by atoms with van der Waals surface area (Å²) in [4.78, 5) is 4.24. The predicted octanol–water partition coefficient (Wildman–Crippen LogP) is 4.02. The average molecular weight is 257 g/mol. The topological polar surface area (TPSA) is 12.9 Å². The van der Waals surface area contributed by atoms with Crippen LogP contribution in [0.4, 0.5) is 8.78 Å². The van der Waals surface area contributed by atoms with Gasteiger partial charge in [0, 0.05) is 22.4 Å². The molecule has 1 aromatic carbocycles. The number of aryl methyl sites for hydroxylation is 1. The molecule has 0 saturated heterocycles. The van der Waals surface area contributed by atoms with Crippen LogP contribution in [-0.4, -0.2) is 4.98 Å². The predicted molar refractivity (Wildman–Crippen MR) is 62.8 cm³/mol. The fourth-order valence-corrected chi connectivity index (χ4v) is 3.02. The summed E-state index contributed by atoms with van der Waals surface area (Å²) in [6.45, 7) is 1.91. The number of nitrogens with zero attached hydrogens (tertiary/aromatic N) is 1. The van der Waals surface area contributed by atoms with Gasteiger partial charge in [0.2, 0.25) is 0 Å². The van der Waals surface area contributed by atoms with Gasteiger partial charge in [0.05, 0.1) is 0 Å².